The van der Waals surface area contributed by atoms with Crippen LogP contribution in [0.1, 0.15) is 66.7 Å². The molecule has 0 amide bonds. The average Bonchev–Trinajstić information content (AvgIpc) is 3.18. The summed E-state index contributed by atoms with van der Waals surface area (Å²) in [5.74, 6) is 2.89. The van der Waals surface area contributed by atoms with E-state index in [1.165, 1.54) is 79.6 Å². The molecule has 3 nitrogen and oxygen atoms in total. The van der Waals surface area contributed by atoms with E-state index in [9.17, 15) is 0 Å². The Hall–Kier alpha value is -1.22. The normalized spacial score (nSPS) is 26.1. The Morgan fingerprint density at radius 3 is 2.54 bits per heavy atom. The Balaban J connectivity index is 1.53. The minimum atomic E-state index is 0.417. The van der Waals surface area contributed by atoms with Gasteiger partial charge in [0, 0.05) is 18.0 Å². The van der Waals surface area contributed by atoms with E-state index in [2.05, 4.69) is 25.7 Å². The van der Waals surface area contributed by atoms with Crippen LogP contribution in [0.5, 0.6) is 11.5 Å². The van der Waals surface area contributed by atoms with Gasteiger partial charge in [-0.3, -0.25) is 4.90 Å². The summed E-state index contributed by atoms with van der Waals surface area (Å²) >= 11 is 0. The number of fused-ring (bicyclic) bond motifs is 3. The highest BCUT2D eigenvalue weighted by atomic mass is 16.5. The van der Waals surface area contributed by atoms with Crippen molar-refractivity contribution in [2.24, 2.45) is 0 Å². The van der Waals surface area contributed by atoms with Gasteiger partial charge >= 0.3 is 0 Å². The van der Waals surface area contributed by atoms with Gasteiger partial charge in [-0.05, 0) is 82.7 Å². The second-order valence-electron chi connectivity index (χ2n) is 7.89. The first-order valence-corrected chi connectivity index (χ1v) is 9.82. The van der Waals surface area contributed by atoms with Crippen LogP contribution in [0.2, 0.25) is 0 Å². The minimum Gasteiger partial charge on any atom is -0.492 e. The van der Waals surface area contributed by atoms with E-state index in [0.29, 0.717) is 12.0 Å². The molecular weight excluding hydrogens is 298 g/mol. The first-order valence-electron chi connectivity index (χ1n) is 9.82. The summed E-state index contributed by atoms with van der Waals surface area (Å²) in [7, 11) is 0. The van der Waals surface area contributed by atoms with Gasteiger partial charge in [0.1, 0.15) is 24.2 Å². The molecule has 0 aromatic heterocycles. The lowest BCUT2D eigenvalue weighted by atomic mass is 9.89. The van der Waals surface area contributed by atoms with Crippen LogP contribution in [-0.2, 0) is 0 Å². The predicted octanol–water partition coefficient (Wildman–Crippen LogP) is 4.51. The monoisotopic (exact) mass is 329 g/mol. The molecule has 3 heteroatoms. The molecular formula is C21H31NO2. The molecule has 0 bridgehead atoms. The van der Waals surface area contributed by atoms with E-state index in [0.717, 1.165) is 18.9 Å². The van der Waals surface area contributed by atoms with Crippen molar-refractivity contribution in [2.75, 3.05) is 26.2 Å². The van der Waals surface area contributed by atoms with Crippen molar-refractivity contribution in [3.05, 3.63) is 22.3 Å². The molecule has 0 radical (unpaired) electrons. The highest BCUT2D eigenvalue weighted by Gasteiger charge is 2.41. The Kier molecular flexibility index (Phi) is 4.46. The van der Waals surface area contributed by atoms with Crippen LogP contribution in [0.25, 0.3) is 0 Å². The molecule has 3 aliphatic rings. The highest BCUT2D eigenvalue weighted by Crippen LogP contribution is 2.52. The van der Waals surface area contributed by atoms with Gasteiger partial charge in [0.2, 0.25) is 0 Å². The first-order chi connectivity index (χ1) is 11.7. The van der Waals surface area contributed by atoms with E-state index in [4.69, 9.17) is 9.47 Å². The van der Waals surface area contributed by atoms with Crippen molar-refractivity contribution < 1.29 is 9.47 Å². The lowest BCUT2D eigenvalue weighted by Crippen LogP contribution is -2.33. The minimum absolute atomic E-state index is 0.417. The molecule has 1 aromatic rings. The predicted molar refractivity (Wildman–Crippen MR) is 97.4 cm³/mol. The van der Waals surface area contributed by atoms with Gasteiger partial charge < -0.3 is 9.47 Å². The Labute approximate surface area is 146 Å². The standard InChI is InChI=1S/C21H31NO2/c1-14-15(2)21-19(17-8-7-9-18(17)24-21)16(3)20(14)23-13-12-22-10-5-4-6-11-22/h17-18H,4-13H2,1-3H3/t17-,18+/m1/s1. The maximum atomic E-state index is 6.33. The van der Waals surface area contributed by atoms with Gasteiger partial charge in [-0.1, -0.05) is 6.42 Å². The fourth-order valence-corrected chi connectivity index (χ4v) is 4.94. The van der Waals surface area contributed by atoms with Crippen molar-refractivity contribution in [3.8, 4) is 11.5 Å². The van der Waals surface area contributed by atoms with Crippen LogP contribution in [0.3, 0.4) is 0 Å². The molecule has 1 saturated carbocycles. The van der Waals surface area contributed by atoms with Crippen molar-refractivity contribution in [3.63, 3.8) is 0 Å². The summed E-state index contributed by atoms with van der Waals surface area (Å²) in [5.41, 5.74) is 5.34. The molecule has 2 heterocycles. The van der Waals surface area contributed by atoms with Crippen LogP contribution in [-0.4, -0.2) is 37.2 Å². The number of rotatable bonds is 4. The Morgan fingerprint density at radius 2 is 1.75 bits per heavy atom. The highest BCUT2D eigenvalue weighted by molar-refractivity contribution is 5.61. The number of hydrogen-bond donors (Lipinski definition) is 0. The molecule has 1 aliphatic carbocycles. The SMILES string of the molecule is Cc1c(C)c2c(c(C)c1OCCN1CCCCC1)[C@@H]1CCC[C@@H]1O2. The van der Waals surface area contributed by atoms with Crippen LogP contribution in [0.15, 0.2) is 0 Å². The lowest BCUT2D eigenvalue weighted by molar-refractivity contribution is 0.182. The quantitative estimate of drug-likeness (QED) is 0.811. The average molecular weight is 329 g/mol. The molecule has 0 N–H and O–H groups in total. The van der Waals surface area contributed by atoms with Crippen molar-refractivity contribution in [1.29, 1.82) is 0 Å². The fraction of sp³-hybridized carbons (Fsp3) is 0.714. The second kappa shape index (κ2) is 6.59. The summed E-state index contributed by atoms with van der Waals surface area (Å²) in [6, 6.07) is 0. The van der Waals surface area contributed by atoms with Crippen molar-refractivity contribution >= 4 is 0 Å². The molecule has 2 fully saturated rings. The number of benzene rings is 1. The molecule has 24 heavy (non-hydrogen) atoms. The summed E-state index contributed by atoms with van der Waals surface area (Å²) < 4.78 is 12.6. The molecule has 132 valence electrons. The molecule has 4 rings (SSSR count). The van der Waals surface area contributed by atoms with E-state index in [1.54, 1.807) is 0 Å². The number of ether oxygens (including phenoxy) is 2. The topological polar surface area (TPSA) is 21.7 Å². The Morgan fingerprint density at radius 1 is 0.958 bits per heavy atom. The largest absolute Gasteiger partial charge is 0.492 e. The number of hydrogen-bond acceptors (Lipinski definition) is 3. The molecule has 2 aliphatic heterocycles. The van der Waals surface area contributed by atoms with E-state index in [1.807, 2.05) is 0 Å². The van der Waals surface area contributed by atoms with Crippen molar-refractivity contribution in [2.45, 2.75) is 71.3 Å². The van der Waals surface area contributed by atoms with E-state index >= 15 is 0 Å². The summed E-state index contributed by atoms with van der Waals surface area (Å²) in [6.07, 6.45) is 8.28. The zero-order valence-corrected chi connectivity index (χ0v) is 15.5. The molecule has 0 unspecified atom stereocenters. The summed E-state index contributed by atoms with van der Waals surface area (Å²) in [4.78, 5) is 2.55. The van der Waals surface area contributed by atoms with Gasteiger partial charge in [0.15, 0.2) is 0 Å². The number of likely N-dealkylation sites (tertiary alicyclic amines) is 1. The Bertz CT molecular complexity index is 619. The van der Waals surface area contributed by atoms with Crippen molar-refractivity contribution in [1.82, 2.24) is 4.90 Å². The molecule has 1 aromatic carbocycles. The molecule has 0 spiro atoms. The maximum absolute atomic E-state index is 6.33. The maximum Gasteiger partial charge on any atom is 0.127 e. The third kappa shape index (κ3) is 2.71. The third-order valence-electron chi connectivity index (χ3n) is 6.43. The zero-order chi connectivity index (χ0) is 16.7. The van der Waals surface area contributed by atoms with Gasteiger partial charge in [0.05, 0.1) is 0 Å². The fourth-order valence-electron chi connectivity index (χ4n) is 4.94. The number of piperidine rings is 1. The molecule has 1 saturated heterocycles. The van der Waals surface area contributed by atoms with E-state index < -0.39 is 0 Å². The van der Waals surface area contributed by atoms with Crippen LogP contribution >= 0.6 is 0 Å². The van der Waals surface area contributed by atoms with Crippen LogP contribution < -0.4 is 9.47 Å². The van der Waals surface area contributed by atoms with Crippen LogP contribution in [0, 0.1) is 20.8 Å². The summed E-state index contributed by atoms with van der Waals surface area (Å²) in [6.45, 7) is 11.0. The van der Waals surface area contributed by atoms with Gasteiger partial charge in [-0.25, -0.2) is 0 Å². The van der Waals surface area contributed by atoms with Crippen LogP contribution in [0.4, 0.5) is 0 Å². The van der Waals surface area contributed by atoms with Gasteiger partial charge in [-0.15, -0.1) is 0 Å². The third-order valence-corrected chi connectivity index (χ3v) is 6.43. The summed E-state index contributed by atoms with van der Waals surface area (Å²) in [5, 5.41) is 0. The van der Waals surface area contributed by atoms with E-state index in [-0.39, 0.29) is 0 Å². The number of nitrogens with zero attached hydrogens (tertiary/aromatic N) is 1. The lowest BCUT2D eigenvalue weighted by Gasteiger charge is -2.27. The smallest absolute Gasteiger partial charge is 0.127 e. The zero-order valence-electron chi connectivity index (χ0n) is 15.5. The van der Waals surface area contributed by atoms with Gasteiger partial charge in [0.25, 0.3) is 0 Å². The second-order valence-corrected chi connectivity index (χ2v) is 7.89. The van der Waals surface area contributed by atoms with Gasteiger partial charge in [-0.2, -0.15) is 0 Å². The molecule has 2 atom stereocenters. The first kappa shape index (κ1) is 16.3.